The number of anilines is 1. The number of rotatable bonds is 6. The number of halogens is 4. The van der Waals surface area contributed by atoms with E-state index in [2.05, 4.69) is 10.3 Å². The monoisotopic (exact) mass is 525 g/mol. The molecule has 0 saturated carbocycles. The largest absolute Gasteiger partial charge is 0.508 e. The fourth-order valence-electron chi connectivity index (χ4n) is 4.94. The van der Waals surface area contributed by atoms with E-state index in [0.717, 1.165) is 17.0 Å². The molecule has 0 radical (unpaired) electrons. The van der Waals surface area contributed by atoms with Crippen molar-refractivity contribution in [2.75, 3.05) is 31.7 Å². The summed E-state index contributed by atoms with van der Waals surface area (Å²) in [7, 11) is 0. The van der Waals surface area contributed by atoms with E-state index in [1.54, 1.807) is 0 Å². The first kappa shape index (κ1) is 26.8. The van der Waals surface area contributed by atoms with E-state index in [1.807, 2.05) is 0 Å². The molecule has 2 aliphatic heterocycles. The van der Waals surface area contributed by atoms with Crippen LogP contribution < -0.4 is 5.32 Å². The average Bonchev–Trinajstić information content (AvgIpc) is 3.37. The van der Waals surface area contributed by atoms with Crippen LogP contribution in [0.1, 0.15) is 47.3 Å². The molecular formula is C25H27F4N3O5. The van der Waals surface area contributed by atoms with Crippen LogP contribution in [0.25, 0.3) is 0 Å². The van der Waals surface area contributed by atoms with Crippen LogP contribution in [0.2, 0.25) is 0 Å². The van der Waals surface area contributed by atoms with Gasteiger partial charge in [0.25, 0.3) is 5.91 Å². The maximum atomic E-state index is 14.9. The molecule has 2 amide bonds. The van der Waals surface area contributed by atoms with Crippen molar-refractivity contribution < 1.29 is 42.1 Å². The summed E-state index contributed by atoms with van der Waals surface area (Å²) in [5.41, 5.74) is -0.836. The summed E-state index contributed by atoms with van der Waals surface area (Å²) in [6.07, 6.45) is -2.98. The van der Waals surface area contributed by atoms with Crippen molar-refractivity contribution in [2.45, 2.75) is 49.7 Å². The molecule has 1 aromatic carbocycles. The van der Waals surface area contributed by atoms with E-state index in [-0.39, 0.29) is 54.3 Å². The maximum Gasteiger partial charge on any atom is 0.408 e. The zero-order chi connectivity index (χ0) is 26.8. The van der Waals surface area contributed by atoms with E-state index in [1.165, 1.54) is 18.3 Å². The van der Waals surface area contributed by atoms with Crippen LogP contribution in [0.5, 0.6) is 5.75 Å². The number of phenols is 1. The van der Waals surface area contributed by atoms with Gasteiger partial charge in [0.05, 0.1) is 13.0 Å². The smallest absolute Gasteiger partial charge is 0.408 e. The number of carbonyl (C=O) groups is 2. The second kappa shape index (κ2) is 10.6. The lowest BCUT2D eigenvalue weighted by Gasteiger charge is -2.36. The topological polar surface area (TPSA) is 112 Å². The number of aliphatic hydroxyl groups excluding tert-OH is 1. The van der Waals surface area contributed by atoms with Gasteiger partial charge in [-0.15, -0.1) is 0 Å². The minimum absolute atomic E-state index is 0.0510. The number of hydrogen-bond donors (Lipinski definition) is 3. The number of phenolic OH excluding ortho intramolecular Hbond substituents is 1. The highest BCUT2D eigenvalue weighted by molar-refractivity contribution is 5.96. The van der Waals surface area contributed by atoms with Crippen molar-refractivity contribution in [3.05, 3.63) is 53.1 Å². The van der Waals surface area contributed by atoms with Gasteiger partial charge in [0.15, 0.2) is 0 Å². The van der Waals surface area contributed by atoms with Crippen LogP contribution >= 0.6 is 0 Å². The lowest BCUT2D eigenvalue weighted by Crippen LogP contribution is -2.44. The summed E-state index contributed by atoms with van der Waals surface area (Å²) in [5, 5.41) is 23.0. The molecule has 37 heavy (non-hydrogen) atoms. The summed E-state index contributed by atoms with van der Waals surface area (Å²) in [5.74, 6) is -2.55. The molecule has 3 N–H and O–H groups in total. The van der Waals surface area contributed by atoms with Crippen molar-refractivity contribution >= 4 is 17.5 Å². The number of likely N-dealkylation sites (tertiary alicyclic amines) is 1. The molecule has 8 nitrogen and oxygen atoms in total. The molecule has 2 saturated heterocycles. The number of benzene rings is 1. The second-order valence-electron chi connectivity index (χ2n) is 9.36. The average molecular weight is 525 g/mol. The highest BCUT2D eigenvalue weighted by atomic mass is 19.4. The predicted molar refractivity (Wildman–Crippen MR) is 124 cm³/mol. The van der Waals surface area contributed by atoms with Crippen LogP contribution in [-0.2, 0) is 21.4 Å². The van der Waals surface area contributed by atoms with Gasteiger partial charge >= 0.3 is 6.18 Å². The SMILES string of the molecule is O=C(Cc1cc(O)c(C2(CO)CCOCC2)cc1F)Nc1ccnc(C(=O)N2CCCC2C(F)(F)F)c1. The highest BCUT2D eigenvalue weighted by Crippen LogP contribution is 2.40. The summed E-state index contributed by atoms with van der Waals surface area (Å²) < 4.78 is 59.9. The van der Waals surface area contributed by atoms with Crippen molar-refractivity contribution in [3.63, 3.8) is 0 Å². The molecular weight excluding hydrogens is 498 g/mol. The minimum Gasteiger partial charge on any atom is -0.508 e. The Morgan fingerprint density at radius 1 is 1.22 bits per heavy atom. The molecule has 200 valence electrons. The van der Waals surface area contributed by atoms with Crippen molar-refractivity contribution in [2.24, 2.45) is 0 Å². The Morgan fingerprint density at radius 3 is 2.62 bits per heavy atom. The minimum atomic E-state index is -4.55. The number of nitrogens with one attached hydrogen (secondary N) is 1. The van der Waals surface area contributed by atoms with Crippen LogP contribution in [0.4, 0.5) is 23.2 Å². The van der Waals surface area contributed by atoms with Crippen LogP contribution in [0.3, 0.4) is 0 Å². The third kappa shape index (κ3) is 5.69. The fraction of sp³-hybridized carbons (Fsp3) is 0.480. The first-order valence-electron chi connectivity index (χ1n) is 11.9. The maximum absolute atomic E-state index is 14.9. The lowest BCUT2D eigenvalue weighted by atomic mass is 9.74. The van der Waals surface area contributed by atoms with Crippen LogP contribution in [-0.4, -0.2) is 70.5 Å². The first-order valence-corrected chi connectivity index (χ1v) is 11.9. The second-order valence-corrected chi connectivity index (χ2v) is 9.36. The molecule has 3 heterocycles. The lowest BCUT2D eigenvalue weighted by molar-refractivity contribution is -0.169. The summed E-state index contributed by atoms with van der Waals surface area (Å²) >= 11 is 0. The van der Waals surface area contributed by atoms with Crippen molar-refractivity contribution in [1.29, 1.82) is 0 Å². The van der Waals surface area contributed by atoms with Crippen LogP contribution in [0, 0.1) is 5.82 Å². The number of aromatic nitrogens is 1. The molecule has 4 rings (SSSR count). The Bertz CT molecular complexity index is 1170. The summed E-state index contributed by atoms with van der Waals surface area (Å²) in [6.45, 7) is 0.367. The molecule has 0 spiro atoms. The van der Waals surface area contributed by atoms with Gasteiger partial charge in [-0.1, -0.05) is 0 Å². The summed E-state index contributed by atoms with van der Waals surface area (Å²) in [6, 6.07) is 2.90. The Morgan fingerprint density at radius 2 is 1.95 bits per heavy atom. The molecule has 0 bridgehead atoms. The van der Waals surface area contributed by atoms with E-state index in [4.69, 9.17) is 4.74 Å². The zero-order valence-corrected chi connectivity index (χ0v) is 19.9. The number of amides is 2. The quantitative estimate of drug-likeness (QED) is 0.499. The van der Waals surface area contributed by atoms with Crippen LogP contribution in [0.15, 0.2) is 30.5 Å². The van der Waals surface area contributed by atoms with Gasteiger partial charge in [-0.25, -0.2) is 4.39 Å². The van der Waals surface area contributed by atoms with Gasteiger partial charge in [0.1, 0.15) is 23.3 Å². The van der Waals surface area contributed by atoms with E-state index in [0.29, 0.717) is 26.1 Å². The summed E-state index contributed by atoms with van der Waals surface area (Å²) in [4.78, 5) is 29.8. The van der Waals surface area contributed by atoms with Gasteiger partial charge in [-0.3, -0.25) is 14.6 Å². The Balaban J connectivity index is 1.46. The molecule has 2 fully saturated rings. The molecule has 12 heteroatoms. The molecule has 1 aromatic heterocycles. The van der Waals surface area contributed by atoms with Gasteiger partial charge in [-0.2, -0.15) is 13.2 Å². The van der Waals surface area contributed by atoms with Gasteiger partial charge < -0.3 is 25.2 Å². The number of hydrogen-bond acceptors (Lipinski definition) is 6. The normalized spacial score (nSPS) is 19.6. The molecule has 1 unspecified atom stereocenters. The van der Waals surface area contributed by atoms with E-state index in [9.17, 15) is 37.4 Å². The van der Waals surface area contributed by atoms with E-state index < -0.39 is 41.7 Å². The standard InChI is InChI=1S/C25H27F4N3O5/c26-18-13-17(24(14-33)4-8-37-9-5-24)20(34)10-15(18)11-22(35)31-16-3-6-30-19(12-16)23(36)32-7-1-2-21(32)25(27,28)29/h3,6,10,12-13,21,33-34H,1-2,4-5,7-9,11,14H2,(H,30,31,35). The molecule has 2 aliphatic rings. The number of aromatic hydroxyl groups is 1. The Labute approximate surface area is 210 Å². The predicted octanol–water partition coefficient (Wildman–Crippen LogP) is 3.31. The van der Waals surface area contributed by atoms with Gasteiger partial charge in [0.2, 0.25) is 5.91 Å². The Kier molecular flexibility index (Phi) is 7.69. The third-order valence-electron chi connectivity index (χ3n) is 6.99. The molecule has 0 aliphatic carbocycles. The zero-order valence-electron chi connectivity index (χ0n) is 19.9. The van der Waals surface area contributed by atoms with E-state index >= 15 is 0 Å². The number of aliphatic hydroxyl groups is 1. The highest BCUT2D eigenvalue weighted by Gasteiger charge is 2.48. The van der Waals surface area contributed by atoms with Gasteiger partial charge in [-0.05, 0) is 49.9 Å². The Hall–Kier alpha value is -3.25. The first-order chi connectivity index (χ1) is 17.5. The van der Waals surface area contributed by atoms with Crippen molar-refractivity contribution in [1.82, 2.24) is 9.88 Å². The molecule has 2 aromatic rings. The van der Waals surface area contributed by atoms with Gasteiger partial charge in [0, 0.05) is 48.2 Å². The number of pyridine rings is 1. The molecule has 1 atom stereocenters. The third-order valence-corrected chi connectivity index (χ3v) is 6.99. The fourth-order valence-corrected chi connectivity index (χ4v) is 4.94. The number of ether oxygens (including phenoxy) is 1. The van der Waals surface area contributed by atoms with Crippen molar-refractivity contribution in [3.8, 4) is 5.75 Å². The number of nitrogens with zero attached hydrogens (tertiary/aromatic N) is 2. The number of carbonyl (C=O) groups excluding carboxylic acids is 2. The number of alkyl halides is 3.